The first-order valence-electron chi connectivity index (χ1n) is 14.4. The minimum Gasteiger partial charge on any atom is -0.339 e. The van der Waals surface area contributed by atoms with Gasteiger partial charge in [-0.15, -0.1) is 0 Å². The van der Waals surface area contributed by atoms with Crippen LogP contribution < -0.4 is 0 Å². The number of aromatic nitrogens is 2. The van der Waals surface area contributed by atoms with E-state index in [0.717, 1.165) is 0 Å². The van der Waals surface area contributed by atoms with Crippen LogP contribution in [0.1, 0.15) is 33.5 Å². The summed E-state index contributed by atoms with van der Waals surface area (Å²) in [5.74, 6) is -0.406. The van der Waals surface area contributed by atoms with Gasteiger partial charge in [-0.2, -0.15) is 9.57 Å². The Morgan fingerprint density at radius 1 is 0.956 bits per heavy atom. The van der Waals surface area contributed by atoms with Gasteiger partial charge >= 0.3 is 0 Å². The van der Waals surface area contributed by atoms with Gasteiger partial charge in [0.25, 0.3) is 5.91 Å². The lowest BCUT2D eigenvalue weighted by Crippen LogP contribution is -2.46. The molecule has 2 saturated heterocycles. The van der Waals surface area contributed by atoms with Crippen molar-refractivity contribution in [2.24, 2.45) is 5.92 Å². The molecule has 1 amide bonds. The third-order valence-electron chi connectivity index (χ3n) is 8.50. The van der Waals surface area contributed by atoms with Crippen LogP contribution in [0.3, 0.4) is 0 Å². The molecular weight excluding hydrogens is 588 g/mol. The maximum absolute atomic E-state index is 14.9. The van der Waals surface area contributed by atoms with Crippen molar-refractivity contribution < 1.29 is 18.0 Å². The number of benzene rings is 2. The highest BCUT2D eigenvalue weighted by molar-refractivity contribution is 7.89. The average molecular weight is 619 g/mol. The van der Waals surface area contributed by atoms with Gasteiger partial charge in [0.2, 0.25) is 10.0 Å². The summed E-state index contributed by atoms with van der Waals surface area (Å²) in [6.45, 7) is 0.760. The molecule has 11 heteroatoms. The number of hydrogen-bond donors (Lipinski definition) is 0. The highest BCUT2D eigenvalue weighted by Crippen LogP contribution is 2.46. The van der Waals surface area contributed by atoms with E-state index in [4.69, 9.17) is 0 Å². The number of hydrogen-bond acceptors (Lipinski definition) is 8. The van der Waals surface area contributed by atoms with Gasteiger partial charge in [0.05, 0.1) is 16.5 Å². The number of rotatable bonds is 8. The van der Waals surface area contributed by atoms with Crippen molar-refractivity contribution in [3.8, 4) is 6.07 Å². The van der Waals surface area contributed by atoms with Gasteiger partial charge < -0.3 is 4.90 Å². The Kier molecular flexibility index (Phi) is 8.01. The Bertz CT molecular complexity index is 1850. The number of carbonyl (C=O) groups is 2. The molecule has 10 nitrogen and oxygen atoms in total. The Morgan fingerprint density at radius 3 is 2.13 bits per heavy atom. The monoisotopic (exact) mass is 618 g/mol. The van der Waals surface area contributed by atoms with Crippen molar-refractivity contribution in [1.29, 1.82) is 5.26 Å². The number of nitrogens with zero attached hydrogens (tertiary/aromatic N) is 6. The van der Waals surface area contributed by atoms with E-state index in [9.17, 15) is 23.3 Å². The van der Waals surface area contributed by atoms with Crippen LogP contribution in [0.15, 0.2) is 120 Å². The first kappa shape index (κ1) is 29.9. The van der Waals surface area contributed by atoms with E-state index in [-0.39, 0.29) is 35.6 Å². The predicted octanol–water partition coefficient (Wildman–Crippen LogP) is 3.80. The van der Waals surface area contributed by atoms with Crippen LogP contribution in [0.4, 0.5) is 0 Å². The summed E-state index contributed by atoms with van der Waals surface area (Å²) in [6.07, 6.45) is 8.48. The van der Waals surface area contributed by atoms with E-state index in [0.29, 0.717) is 41.0 Å². The molecule has 45 heavy (non-hydrogen) atoms. The second-order valence-corrected chi connectivity index (χ2v) is 13.0. The lowest BCUT2D eigenvalue weighted by Gasteiger charge is -2.35. The summed E-state index contributed by atoms with van der Waals surface area (Å²) < 4.78 is 28.2. The second kappa shape index (κ2) is 12.1. The summed E-state index contributed by atoms with van der Waals surface area (Å²) in [4.78, 5) is 40.4. The van der Waals surface area contributed by atoms with Crippen molar-refractivity contribution in [2.45, 2.75) is 16.9 Å². The summed E-state index contributed by atoms with van der Waals surface area (Å²) in [5.41, 5.74) is 0.787. The molecule has 0 spiro atoms. The van der Waals surface area contributed by atoms with E-state index >= 15 is 0 Å². The molecular formula is C34H30N6O4S. The van der Waals surface area contributed by atoms with Crippen LogP contribution in [0.25, 0.3) is 0 Å². The lowest BCUT2D eigenvalue weighted by molar-refractivity contribution is -0.132. The number of ketones is 1. The highest BCUT2D eigenvalue weighted by atomic mass is 32.2. The number of amides is 1. The molecule has 2 fully saturated rings. The molecule has 4 heterocycles. The number of likely N-dealkylation sites (N-methyl/N-ethyl adjacent to an activating group) is 1. The summed E-state index contributed by atoms with van der Waals surface area (Å²) in [7, 11) is -1.92. The van der Waals surface area contributed by atoms with E-state index in [1.165, 1.54) is 10.4 Å². The van der Waals surface area contributed by atoms with Crippen molar-refractivity contribution in [3.05, 3.63) is 138 Å². The van der Waals surface area contributed by atoms with E-state index in [2.05, 4.69) is 16.0 Å². The first-order valence-corrected chi connectivity index (χ1v) is 15.9. The molecule has 2 aromatic carbocycles. The van der Waals surface area contributed by atoms with Crippen LogP contribution in [-0.4, -0.2) is 70.9 Å². The van der Waals surface area contributed by atoms with Crippen molar-refractivity contribution in [2.75, 3.05) is 26.7 Å². The number of nitriles is 1. The minimum absolute atomic E-state index is 0.181. The fraction of sp³-hybridized carbons (Fsp3) is 0.206. The summed E-state index contributed by atoms with van der Waals surface area (Å²) in [6, 6.07) is 23.8. The Balaban J connectivity index is 1.41. The Labute approximate surface area is 261 Å². The van der Waals surface area contributed by atoms with Gasteiger partial charge in [-0.25, -0.2) is 8.42 Å². The zero-order chi connectivity index (χ0) is 31.6. The molecule has 2 aliphatic rings. The molecule has 1 unspecified atom stereocenters. The SMILES string of the molecule is CN1C(=CC(=O)c2ccc(C#N)cc2)N(CC2CCN(S(=O)(=O)c3ccccc3)C2)C(=O)C1(c1ccncc1)c1ccncc1. The quantitative estimate of drug-likeness (QED) is 0.216. The zero-order valence-electron chi connectivity index (χ0n) is 24.5. The highest BCUT2D eigenvalue weighted by Gasteiger charge is 2.56. The summed E-state index contributed by atoms with van der Waals surface area (Å²) in [5, 5.41) is 9.19. The third-order valence-corrected chi connectivity index (χ3v) is 10.4. The largest absolute Gasteiger partial charge is 0.339 e. The lowest BCUT2D eigenvalue weighted by atomic mass is 9.82. The topological polar surface area (TPSA) is 128 Å². The number of allylic oxidation sites excluding steroid dienone is 1. The van der Waals surface area contributed by atoms with Gasteiger partial charge in [-0.05, 0) is 84.1 Å². The average Bonchev–Trinajstić information content (AvgIpc) is 3.64. The van der Waals surface area contributed by atoms with E-state index in [1.54, 1.807) is 120 Å². The number of sulfonamides is 1. The summed E-state index contributed by atoms with van der Waals surface area (Å²) >= 11 is 0. The maximum Gasteiger partial charge on any atom is 0.263 e. The van der Waals surface area contributed by atoms with Gasteiger partial charge in [0.1, 0.15) is 5.82 Å². The first-order chi connectivity index (χ1) is 21.8. The molecule has 0 radical (unpaired) electrons. The molecule has 1 atom stereocenters. The van der Waals surface area contributed by atoms with Crippen LogP contribution >= 0.6 is 0 Å². The zero-order valence-corrected chi connectivity index (χ0v) is 25.3. The molecule has 0 N–H and O–H groups in total. The third kappa shape index (κ3) is 5.28. The van der Waals surface area contributed by atoms with Gasteiger partial charge in [0, 0.05) is 63.1 Å². The molecule has 0 bridgehead atoms. The van der Waals surface area contributed by atoms with E-state index < -0.39 is 15.6 Å². The van der Waals surface area contributed by atoms with Crippen LogP contribution in [0.2, 0.25) is 0 Å². The maximum atomic E-state index is 14.9. The van der Waals surface area contributed by atoms with Gasteiger partial charge in [0.15, 0.2) is 11.3 Å². The molecule has 226 valence electrons. The van der Waals surface area contributed by atoms with Crippen LogP contribution in [-0.2, 0) is 20.4 Å². The molecule has 6 rings (SSSR count). The molecule has 4 aromatic rings. The number of pyridine rings is 2. The fourth-order valence-corrected chi connectivity index (χ4v) is 7.76. The predicted molar refractivity (Wildman–Crippen MR) is 166 cm³/mol. The van der Waals surface area contributed by atoms with Crippen LogP contribution in [0.5, 0.6) is 0 Å². The normalized spacial score (nSPS) is 19.2. The molecule has 0 saturated carbocycles. The van der Waals surface area contributed by atoms with Crippen molar-refractivity contribution >= 4 is 21.7 Å². The fourth-order valence-electron chi connectivity index (χ4n) is 6.21. The van der Waals surface area contributed by atoms with E-state index in [1.807, 2.05) is 0 Å². The Morgan fingerprint density at radius 2 is 1.56 bits per heavy atom. The van der Waals surface area contributed by atoms with Crippen molar-refractivity contribution in [3.63, 3.8) is 0 Å². The van der Waals surface area contributed by atoms with Gasteiger partial charge in [-0.3, -0.25) is 24.5 Å². The standard InChI is InChI=1S/C34H30N6O4S/c1-38-32(21-31(41)27-9-7-25(22-35)8-10-27)40(24-26-15-20-39(23-26)45(43,44)30-5-3-2-4-6-30)33(42)34(38,28-11-16-36-17-12-28)29-13-18-37-19-14-29/h2-14,16-19,21,26H,15,20,23-24H2,1H3. The molecule has 2 aromatic heterocycles. The van der Waals surface area contributed by atoms with Crippen LogP contribution in [0, 0.1) is 17.2 Å². The molecule has 0 aliphatic carbocycles. The molecule has 2 aliphatic heterocycles. The van der Waals surface area contributed by atoms with Gasteiger partial charge in [-0.1, -0.05) is 18.2 Å². The second-order valence-electron chi connectivity index (χ2n) is 11.0. The Hall–Kier alpha value is -5.18. The van der Waals surface area contributed by atoms with Crippen molar-refractivity contribution in [1.82, 2.24) is 24.1 Å². The minimum atomic E-state index is -3.70. The smallest absolute Gasteiger partial charge is 0.263 e. The number of carbonyl (C=O) groups excluding carboxylic acids is 2.